The van der Waals surface area contributed by atoms with Gasteiger partial charge in [-0.3, -0.25) is 14.4 Å². The molecule has 1 aromatic heterocycles. The maximum Gasteiger partial charge on any atom is 0.221 e. The van der Waals surface area contributed by atoms with E-state index in [9.17, 15) is 14.4 Å². The number of carbonyl (C=O) groups is 3. The predicted octanol–water partition coefficient (Wildman–Crippen LogP) is 2.90. The highest BCUT2D eigenvalue weighted by Crippen LogP contribution is 2.26. The topological polar surface area (TPSA) is 137 Å². The molecule has 5 N–H and O–H groups in total. The molecule has 0 aliphatic heterocycles. The molecule has 8 nitrogen and oxygen atoms in total. The summed E-state index contributed by atoms with van der Waals surface area (Å²) >= 11 is 1.70. The molecule has 1 heterocycles. The maximum atomic E-state index is 10.9. The Morgan fingerprint density at radius 1 is 1.12 bits per heavy atom. The van der Waals surface area contributed by atoms with E-state index in [-0.39, 0.29) is 25.5 Å². The van der Waals surface area contributed by atoms with Crippen molar-refractivity contribution < 1.29 is 19.1 Å². The van der Waals surface area contributed by atoms with E-state index in [1.54, 1.807) is 35.6 Å². The number of thiazole rings is 1. The minimum absolute atomic E-state index is 0.134. The van der Waals surface area contributed by atoms with Crippen LogP contribution in [-0.4, -0.2) is 35.9 Å². The molecule has 180 valence electrons. The minimum atomic E-state index is -0.434. The third-order valence-electron chi connectivity index (χ3n) is 4.83. The Morgan fingerprint density at radius 3 is 2.44 bits per heavy atom. The quantitative estimate of drug-likeness (QED) is 0.361. The Morgan fingerprint density at radius 2 is 1.85 bits per heavy atom. The van der Waals surface area contributed by atoms with Gasteiger partial charge in [-0.15, -0.1) is 11.3 Å². The molecule has 0 fully saturated rings. The molecule has 0 bridgehead atoms. The van der Waals surface area contributed by atoms with Gasteiger partial charge in [0, 0.05) is 6.42 Å². The number of nitrogens with two attached hydrogens (primary N) is 2. The molecule has 2 aromatic carbocycles. The van der Waals surface area contributed by atoms with Gasteiger partial charge >= 0.3 is 0 Å². The van der Waals surface area contributed by atoms with Crippen LogP contribution in [0.5, 0.6) is 5.75 Å². The average molecular weight is 483 g/mol. The van der Waals surface area contributed by atoms with Crippen molar-refractivity contribution in [3.05, 3.63) is 70.9 Å². The van der Waals surface area contributed by atoms with Gasteiger partial charge in [-0.2, -0.15) is 0 Å². The fourth-order valence-corrected chi connectivity index (χ4v) is 3.87. The van der Waals surface area contributed by atoms with Crippen molar-refractivity contribution in [2.45, 2.75) is 39.2 Å². The summed E-state index contributed by atoms with van der Waals surface area (Å²) in [5, 5.41) is 2.57. The second-order valence-corrected chi connectivity index (χ2v) is 8.58. The van der Waals surface area contributed by atoms with Gasteiger partial charge < -0.3 is 21.5 Å². The first-order valence-corrected chi connectivity index (χ1v) is 11.6. The SMILES string of the molecule is Cc1ccc(-c2scnc2C)cc1.NC(=O)CCC(COc1cccc(CC(N)=O)c1)NC=O. The van der Waals surface area contributed by atoms with Crippen molar-refractivity contribution in [3.8, 4) is 16.2 Å². The summed E-state index contributed by atoms with van der Waals surface area (Å²) in [6, 6.07) is 15.2. The molecule has 0 aliphatic rings. The number of aromatic nitrogens is 1. The molecule has 34 heavy (non-hydrogen) atoms. The summed E-state index contributed by atoms with van der Waals surface area (Å²) in [5.74, 6) is -0.296. The van der Waals surface area contributed by atoms with Crippen LogP contribution in [0.25, 0.3) is 10.4 Å². The second kappa shape index (κ2) is 13.7. The van der Waals surface area contributed by atoms with Gasteiger partial charge in [0.15, 0.2) is 0 Å². The number of benzene rings is 2. The van der Waals surface area contributed by atoms with Gasteiger partial charge in [0.05, 0.1) is 28.5 Å². The van der Waals surface area contributed by atoms with Crippen LogP contribution in [0.2, 0.25) is 0 Å². The van der Waals surface area contributed by atoms with Crippen LogP contribution in [-0.2, 0) is 20.8 Å². The van der Waals surface area contributed by atoms with E-state index in [4.69, 9.17) is 16.2 Å². The van der Waals surface area contributed by atoms with Gasteiger partial charge in [-0.25, -0.2) is 4.98 Å². The normalized spacial score (nSPS) is 11.0. The lowest BCUT2D eigenvalue weighted by atomic mass is 10.1. The summed E-state index contributed by atoms with van der Waals surface area (Å²) < 4.78 is 5.55. The molecule has 0 spiro atoms. The lowest BCUT2D eigenvalue weighted by molar-refractivity contribution is -0.119. The number of amides is 3. The summed E-state index contributed by atoms with van der Waals surface area (Å²) in [4.78, 5) is 37.6. The first-order valence-electron chi connectivity index (χ1n) is 10.7. The highest BCUT2D eigenvalue weighted by atomic mass is 32.1. The molecule has 3 amide bonds. The minimum Gasteiger partial charge on any atom is -0.491 e. The highest BCUT2D eigenvalue weighted by molar-refractivity contribution is 7.13. The smallest absolute Gasteiger partial charge is 0.221 e. The lowest BCUT2D eigenvalue weighted by Crippen LogP contribution is -2.34. The number of nitrogens with one attached hydrogen (secondary N) is 1. The van der Waals surface area contributed by atoms with Crippen LogP contribution in [0.3, 0.4) is 0 Å². The molecule has 3 aromatic rings. The van der Waals surface area contributed by atoms with Crippen molar-refractivity contribution in [3.63, 3.8) is 0 Å². The van der Waals surface area contributed by atoms with Crippen molar-refractivity contribution in [1.82, 2.24) is 10.3 Å². The fraction of sp³-hybridized carbons (Fsp3) is 0.280. The number of aryl methyl sites for hydroxylation is 2. The van der Waals surface area contributed by atoms with E-state index in [1.165, 1.54) is 16.0 Å². The van der Waals surface area contributed by atoms with Crippen LogP contribution >= 0.6 is 11.3 Å². The van der Waals surface area contributed by atoms with E-state index < -0.39 is 11.8 Å². The Balaban J connectivity index is 0.000000266. The number of primary amides is 2. The predicted molar refractivity (Wildman–Crippen MR) is 133 cm³/mol. The van der Waals surface area contributed by atoms with E-state index in [0.29, 0.717) is 18.6 Å². The Labute approximate surface area is 203 Å². The largest absolute Gasteiger partial charge is 0.491 e. The number of nitrogens with zero attached hydrogens (tertiary/aromatic N) is 1. The molecule has 9 heteroatoms. The molecule has 0 saturated carbocycles. The summed E-state index contributed by atoms with van der Waals surface area (Å²) in [6.07, 6.45) is 1.25. The first-order chi connectivity index (χ1) is 16.3. The average Bonchev–Trinajstić information content (AvgIpc) is 3.22. The Hall–Kier alpha value is -3.72. The van der Waals surface area contributed by atoms with Crippen LogP contribution in [0.4, 0.5) is 0 Å². The molecule has 0 aliphatic carbocycles. The van der Waals surface area contributed by atoms with E-state index in [2.05, 4.69) is 41.5 Å². The van der Waals surface area contributed by atoms with Gasteiger partial charge in [0.1, 0.15) is 12.4 Å². The number of hydrogen-bond donors (Lipinski definition) is 3. The van der Waals surface area contributed by atoms with Gasteiger partial charge in [-0.1, -0.05) is 42.0 Å². The zero-order valence-corrected chi connectivity index (χ0v) is 20.1. The molecular weight excluding hydrogens is 452 g/mol. The van der Waals surface area contributed by atoms with Gasteiger partial charge in [-0.05, 0) is 43.5 Å². The van der Waals surface area contributed by atoms with Gasteiger partial charge in [0.25, 0.3) is 0 Å². The number of carbonyl (C=O) groups excluding carboxylic acids is 3. The molecule has 3 rings (SSSR count). The van der Waals surface area contributed by atoms with E-state index in [1.807, 2.05) is 12.4 Å². The zero-order chi connectivity index (χ0) is 24.9. The van der Waals surface area contributed by atoms with Crippen LogP contribution in [0, 0.1) is 13.8 Å². The number of hydrogen-bond acceptors (Lipinski definition) is 6. The van der Waals surface area contributed by atoms with Gasteiger partial charge in [0.2, 0.25) is 18.2 Å². The van der Waals surface area contributed by atoms with E-state index >= 15 is 0 Å². The standard InChI is InChI=1S/C14H19N3O4.C11H11NS/c15-13(19)5-4-11(17-9-18)8-21-12-3-1-2-10(6-12)7-14(16)20;1-8-3-5-10(6-4-8)11-9(2)12-7-13-11/h1-3,6,9,11H,4-5,7-8H2,(H2,15,19)(H2,16,20)(H,17,18);3-7H,1-2H3. The summed E-state index contributed by atoms with van der Waals surface area (Å²) in [5.41, 5.74) is 16.5. The highest BCUT2D eigenvalue weighted by Gasteiger charge is 2.10. The lowest BCUT2D eigenvalue weighted by Gasteiger charge is -2.16. The third kappa shape index (κ3) is 9.41. The maximum absolute atomic E-state index is 10.9. The van der Waals surface area contributed by atoms with Crippen LogP contribution in [0.15, 0.2) is 54.0 Å². The van der Waals surface area contributed by atoms with E-state index in [0.717, 1.165) is 11.3 Å². The Kier molecular flexibility index (Phi) is 10.7. The molecular formula is C25H30N4O4S. The van der Waals surface area contributed by atoms with Crippen molar-refractivity contribution in [1.29, 1.82) is 0 Å². The van der Waals surface area contributed by atoms with Crippen LogP contribution in [0.1, 0.15) is 29.7 Å². The molecule has 1 atom stereocenters. The summed E-state index contributed by atoms with van der Waals surface area (Å²) in [7, 11) is 0. The van der Waals surface area contributed by atoms with Crippen molar-refractivity contribution >= 4 is 29.6 Å². The zero-order valence-electron chi connectivity index (χ0n) is 19.3. The Bertz CT molecular complexity index is 1080. The number of rotatable bonds is 11. The number of ether oxygens (including phenoxy) is 1. The molecule has 0 radical (unpaired) electrons. The second-order valence-electron chi connectivity index (χ2n) is 7.72. The molecule has 0 saturated heterocycles. The fourth-order valence-electron chi connectivity index (χ4n) is 3.05. The third-order valence-corrected chi connectivity index (χ3v) is 5.81. The monoisotopic (exact) mass is 482 g/mol. The van der Waals surface area contributed by atoms with Crippen molar-refractivity contribution in [2.24, 2.45) is 11.5 Å². The summed E-state index contributed by atoms with van der Waals surface area (Å²) in [6.45, 7) is 4.35. The first kappa shape index (κ1) is 26.5. The van der Waals surface area contributed by atoms with Crippen LogP contribution < -0.4 is 21.5 Å². The molecule has 1 unspecified atom stereocenters. The van der Waals surface area contributed by atoms with Crippen molar-refractivity contribution in [2.75, 3.05) is 6.61 Å².